The molecular weight excluding hydrogens is 266 g/mol. The SMILES string of the molecule is O=C1NN=C(c2ccco2)/C1=C/c1c[nH]c2ccccc12. The highest BCUT2D eigenvalue weighted by Gasteiger charge is 2.26. The van der Waals surface area contributed by atoms with Crippen LogP contribution >= 0.6 is 0 Å². The van der Waals surface area contributed by atoms with E-state index in [0.29, 0.717) is 17.0 Å². The zero-order valence-electron chi connectivity index (χ0n) is 11.0. The number of nitrogens with zero attached hydrogens (tertiary/aromatic N) is 1. The molecular formula is C16H11N3O2. The lowest BCUT2D eigenvalue weighted by atomic mass is 10.0. The van der Waals surface area contributed by atoms with Gasteiger partial charge in [0.1, 0.15) is 5.71 Å². The summed E-state index contributed by atoms with van der Waals surface area (Å²) >= 11 is 0. The molecule has 1 aliphatic heterocycles. The van der Waals surface area contributed by atoms with E-state index in [9.17, 15) is 4.79 Å². The molecule has 0 radical (unpaired) electrons. The molecule has 102 valence electrons. The number of hydrogen-bond acceptors (Lipinski definition) is 3. The van der Waals surface area contributed by atoms with Crippen LogP contribution in [0.15, 0.2) is 63.9 Å². The molecule has 0 saturated heterocycles. The number of H-pyrrole nitrogens is 1. The third-order valence-corrected chi connectivity index (χ3v) is 3.44. The van der Waals surface area contributed by atoms with Crippen molar-refractivity contribution in [3.8, 4) is 0 Å². The van der Waals surface area contributed by atoms with E-state index in [4.69, 9.17) is 4.42 Å². The second kappa shape index (κ2) is 4.49. The van der Waals surface area contributed by atoms with Gasteiger partial charge >= 0.3 is 0 Å². The molecule has 0 unspecified atom stereocenters. The van der Waals surface area contributed by atoms with E-state index in [2.05, 4.69) is 15.5 Å². The van der Waals surface area contributed by atoms with Gasteiger partial charge in [0.15, 0.2) is 5.76 Å². The molecule has 5 heteroatoms. The Labute approximate surface area is 120 Å². The molecule has 2 aromatic heterocycles. The van der Waals surface area contributed by atoms with Crippen molar-refractivity contribution in [2.24, 2.45) is 5.10 Å². The third-order valence-electron chi connectivity index (χ3n) is 3.44. The van der Waals surface area contributed by atoms with Crippen LogP contribution in [0.25, 0.3) is 17.0 Å². The standard InChI is InChI=1S/C16H11N3O2/c20-16-12(15(18-19-16)14-6-3-7-21-14)8-10-9-17-13-5-2-1-4-11(10)13/h1-9,17H,(H,19,20)/b12-8-. The lowest BCUT2D eigenvalue weighted by Gasteiger charge is -1.98. The number of furan rings is 1. The lowest BCUT2D eigenvalue weighted by Crippen LogP contribution is -2.13. The molecule has 4 rings (SSSR count). The molecule has 3 aromatic rings. The van der Waals surface area contributed by atoms with Crippen molar-refractivity contribution in [1.29, 1.82) is 0 Å². The van der Waals surface area contributed by atoms with Gasteiger partial charge in [-0.3, -0.25) is 4.79 Å². The molecule has 0 fully saturated rings. The van der Waals surface area contributed by atoms with Gasteiger partial charge in [-0.15, -0.1) is 0 Å². The Morgan fingerprint density at radius 2 is 2.05 bits per heavy atom. The molecule has 0 saturated carbocycles. The minimum Gasteiger partial charge on any atom is -0.463 e. The number of nitrogens with one attached hydrogen (secondary N) is 2. The predicted molar refractivity (Wildman–Crippen MR) is 79.7 cm³/mol. The Morgan fingerprint density at radius 3 is 2.90 bits per heavy atom. The average molecular weight is 277 g/mol. The van der Waals surface area contributed by atoms with Gasteiger partial charge in [0.2, 0.25) is 0 Å². The summed E-state index contributed by atoms with van der Waals surface area (Å²) in [6, 6.07) is 11.5. The first-order valence-electron chi connectivity index (χ1n) is 6.53. The van der Waals surface area contributed by atoms with Crippen molar-refractivity contribution in [2.75, 3.05) is 0 Å². The number of aromatic amines is 1. The number of hydrogen-bond donors (Lipinski definition) is 2. The topological polar surface area (TPSA) is 70.4 Å². The Kier molecular flexibility index (Phi) is 2.50. The van der Waals surface area contributed by atoms with E-state index in [1.807, 2.05) is 36.5 Å². The van der Waals surface area contributed by atoms with Gasteiger partial charge in [0, 0.05) is 22.7 Å². The van der Waals surface area contributed by atoms with Crippen LogP contribution in [0.3, 0.4) is 0 Å². The molecule has 0 spiro atoms. The zero-order chi connectivity index (χ0) is 14.2. The van der Waals surface area contributed by atoms with E-state index in [-0.39, 0.29) is 5.91 Å². The van der Waals surface area contributed by atoms with Crippen molar-refractivity contribution in [3.05, 3.63) is 65.8 Å². The maximum absolute atomic E-state index is 12.0. The molecule has 3 heterocycles. The van der Waals surface area contributed by atoms with Crippen LogP contribution < -0.4 is 5.43 Å². The number of carbonyl (C=O) groups is 1. The highest BCUT2D eigenvalue weighted by molar-refractivity contribution is 6.32. The highest BCUT2D eigenvalue weighted by Crippen LogP contribution is 2.23. The Bertz CT molecular complexity index is 885. The molecule has 1 aliphatic rings. The van der Waals surface area contributed by atoms with Gasteiger partial charge < -0.3 is 9.40 Å². The molecule has 0 bridgehead atoms. The van der Waals surface area contributed by atoms with Gasteiger partial charge in [-0.25, -0.2) is 5.43 Å². The number of fused-ring (bicyclic) bond motifs is 1. The van der Waals surface area contributed by atoms with Crippen LogP contribution in [-0.4, -0.2) is 16.6 Å². The summed E-state index contributed by atoms with van der Waals surface area (Å²) in [6.07, 6.45) is 5.26. The first kappa shape index (κ1) is 11.7. The molecule has 1 amide bonds. The molecule has 2 N–H and O–H groups in total. The quantitative estimate of drug-likeness (QED) is 0.707. The van der Waals surface area contributed by atoms with Crippen LogP contribution in [-0.2, 0) is 4.79 Å². The number of rotatable bonds is 2. The monoisotopic (exact) mass is 277 g/mol. The highest BCUT2D eigenvalue weighted by atomic mass is 16.3. The Balaban J connectivity index is 1.84. The van der Waals surface area contributed by atoms with Crippen LogP contribution in [0.4, 0.5) is 0 Å². The molecule has 0 atom stereocenters. The summed E-state index contributed by atoms with van der Waals surface area (Å²) in [4.78, 5) is 15.2. The lowest BCUT2D eigenvalue weighted by molar-refractivity contribution is -0.116. The number of hydrazone groups is 1. The molecule has 21 heavy (non-hydrogen) atoms. The van der Waals surface area contributed by atoms with Crippen molar-refractivity contribution >= 4 is 28.6 Å². The van der Waals surface area contributed by atoms with Crippen LogP contribution in [0.2, 0.25) is 0 Å². The van der Waals surface area contributed by atoms with E-state index in [1.165, 1.54) is 0 Å². The van der Waals surface area contributed by atoms with Crippen LogP contribution in [0.1, 0.15) is 11.3 Å². The van der Waals surface area contributed by atoms with E-state index < -0.39 is 0 Å². The smallest absolute Gasteiger partial charge is 0.273 e. The van der Waals surface area contributed by atoms with Gasteiger partial charge in [0.25, 0.3) is 5.91 Å². The predicted octanol–water partition coefficient (Wildman–Crippen LogP) is 2.68. The molecule has 5 nitrogen and oxygen atoms in total. The van der Waals surface area contributed by atoms with Gasteiger partial charge in [0.05, 0.1) is 11.8 Å². The number of para-hydroxylation sites is 1. The summed E-state index contributed by atoms with van der Waals surface area (Å²) < 4.78 is 5.33. The fraction of sp³-hybridized carbons (Fsp3) is 0. The number of benzene rings is 1. The summed E-state index contributed by atoms with van der Waals surface area (Å²) in [5, 5.41) is 5.10. The summed E-state index contributed by atoms with van der Waals surface area (Å²) in [5.74, 6) is 0.339. The average Bonchev–Trinajstić information content (AvgIpc) is 3.21. The third kappa shape index (κ3) is 1.87. The molecule has 1 aromatic carbocycles. The van der Waals surface area contributed by atoms with Crippen molar-refractivity contribution in [2.45, 2.75) is 0 Å². The van der Waals surface area contributed by atoms with Crippen molar-refractivity contribution in [3.63, 3.8) is 0 Å². The van der Waals surface area contributed by atoms with Gasteiger partial charge in [-0.1, -0.05) is 18.2 Å². The second-order valence-corrected chi connectivity index (χ2v) is 4.73. The second-order valence-electron chi connectivity index (χ2n) is 4.73. The number of aromatic nitrogens is 1. The largest absolute Gasteiger partial charge is 0.463 e. The van der Waals surface area contributed by atoms with Crippen molar-refractivity contribution < 1.29 is 9.21 Å². The Hall–Kier alpha value is -3.08. The first-order valence-corrected chi connectivity index (χ1v) is 6.53. The number of carbonyl (C=O) groups excluding carboxylic acids is 1. The van der Waals surface area contributed by atoms with Crippen LogP contribution in [0, 0.1) is 0 Å². The summed E-state index contributed by atoms with van der Waals surface area (Å²) in [6.45, 7) is 0. The normalized spacial score (nSPS) is 16.5. The first-order chi connectivity index (χ1) is 10.3. The maximum atomic E-state index is 12.0. The minimum atomic E-state index is -0.230. The molecule has 0 aliphatic carbocycles. The maximum Gasteiger partial charge on any atom is 0.273 e. The van der Waals surface area contributed by atoms with Gasteiger partial charge in [-0.05, 0) is 24.3 Å². The van der Waals surface area contributed by atoms with E-state index in [0.717, 1.165) is 16.5 Å². The van der Waals surface area contributed by atoms with E-state index >= 15 is 0 Å². The summed E-state index contributed by atoms with van der Waals surface area (Å²) in [5.41, 5.74) is 5.47. The van der Waals surface area contributed by atoms with Crippen LogP contribution in [0.5, 0.6) is 0 Å². The fourth-order valence-electron chi connectivity index (χ4n) is 2.44. The zero-order valence-corrected chi connectivity index (χ0v) is 11.0. The Morgan fingerprint density at radius 1 is 1.14 bits per heavy atom. The van der Waals surface area contributed by atoms with Gasteiger partial charge in [-0.2, -0.15) is 5.10 Å². The van der Waals surface area contributed by atoms with E-state index in [1.54, 1.807) is 18.4 Å². The minimum absolute atomic E-state index is 0.230. The summed E-state index contributed by atoms with van der Waals surface area (Å²) in [7, 11) is 0. The fourth-order valence-corrected chi connectivity index (χ4v) is 2.44. The number of amides is 1. The van der Waals surface area contributed by atoms with Crippen molar-refractivity contribution in [1.82, 2.24) is 10.4 Å².